The summed E-state index contributed by atoms with van der Waals surface area (Å²) >= 11 is 0. The summed E-state index contributed by atoms with van der Waals surface area (Å²) in [4.78, 5) is 12.3. The lowest BCUT2D eigenvalue weighted by atomic mass is 10.1. The number of rotatable bonds is 3. The minimum absolute atomic E-state index is 0.187. The lowest BCUT2D eigenvalue weighted by Crippen LogP contribution is -2.26. The number of amides is 1. The summed E-state index contributed by atoms with van der Waals surface area (Å²) in [6, 6.07) is 14.0. The molecule has 0 unspecified atom stereocenters. The van der Waals surface area contributed by atoms with Gasteiger partial charge in [-0.1, -0.05) is 12.1 Å². The van der Waals surface area contributed by atoms with Gasteiger partial charge < -0.3 is 14.8 Å². The maximum absolute atomic E-state index is 12.3. The molecule has 0 fully saturated rings. The van der Waals surface area contributed by atoms with Crippen LogP contribution in [0.2, 0.25) is 0 Å². The Morgan fingerprint density at radius 3 is 2.86 bits per heavy atom. The fraction of sp³-hybridized carbons (Fsp3) is 0.176. The standard InChI is InChI=1S/C17H14N2O3/c1-11(13-5-6-15-16(8-13)22-10-21-15)19-17(20)14-4-2-3-12(7-14)9-18/h2-8,11H,10H2,1H3,(H,19,20)/t11-/m1/s1. The highest BCUT2D eigenvalue weighted by atomic mass is 16.7. The summed E-state index contributed by atoms with van der Waals surface area (Å²) in [6.45, 7) is 2.12. The van der Waals surface area contributed by atoms with Crippen LogP contribution in [0.1, 0.15) is 34.5 Å². The van der Waals surface area contributed by atoms with E-state index in [9.17, 15) is 4.79 Å². The minimum Gasteiger partial charge on any atom is -0.454 e. The van der Waals surface area contributed by atoms with Gasteiger partial charge in [0.05, 0.1) is 17.7 Å². The molecule has 1 N–H and O–H groups in total. The molecule has 5 nitrogen and oxygen atoms in total. The highest BCUT2D eigenvalue weighted by molar-refractivity contribution is 5.94. The largest absolute Gasteiger partial charge is 0.454 e. The Bertz CT molecular complexity index is 765. The van der Waals surface area contributed by atoms with E-state index < -0.39 is 0 Å². The van der Waals surface area contributed by atoms with Gasteiger partial charge in [0.15, 0.2) is 11.5 Å². The van der Waals surface area contributed by atoms with Crippen molar-refractivity contribution in [2.24, 2.45) is 0 Å². The number of carbonyl (C=O) groups excluding carboxylic acids is 1. The molecule has 1 amide bonds. The Morgan fingerprint density at radius 2 is 2.05 bits per heavy atom. The zero-order valence-corrected chi connectivity index (χ0v) is 12.0. The van der Waals surface area contributed by atoms with E-state index in [2.05, 4.69) is 5.32 Å². The molecule has 110 valence electrons. The molecule has 2 aromatic rings. The molecule has 2 aromatic carbocycles. The van der Waals surface area contributed by atoms with Crippen molar-refractivity contribution in [2.45, 2.75) is 13.0 Å². The van der Waals surface area contributed by atoms with Crippen molar-refractivity contribution in [3.8, 4) is 17.6 Å². The molecule has 0 spiro atoms. The molecule has 1 aliphatic heterocycles. The second-order valence-corrected chi connectivity index (χ2v) is 5.00. The van der Waals surface area contributed by atoms with Crippen LogP contribution in [-0.4, -0.2) is 12.7 Å². The van der Waals surface area contributed by atoms with Crippen LogP contribution < -0.4 is 14.8 Å². The van der Waals surface area contributed by atoms with E-state index >= 15 is 0 Å². The average molecular weight is 294 g/mol. The van der Waals surface area contributed by atoms with Crippen LogP contribution in [0.15, 0.2) is 42.5 Å². The number of fused-ring (bicyclic) bond motifs is 1. The third-order valence-electron chi connectivity index (χ3n) is 3.50. The van der Waals surface area contributed by atoms with Crippen molar-refractivity contribution in [1.82, 2.24) is 5.32 Å². The first kappa shape index (κ1) is 14.0. The summed E-state index contributed by atoms with van der Waals surface area (Å²) in [5.74, 6) is 1.18. The van der Waals surface area contributed by atoms with E-state index in [1.165, 1.54) is 0 Å². The molecule has 22 heavy (non-hydrogen) atoms. The number of ether oxygens (including phenoxy) is 2. The monoisotopic (exact) mass is 294 g/mol. The maximum atomic E-state index is 12.3. The molecule has 0 aliphatic carbocycles. The Morgan fingerprint density at radius 1 is 1.23 bits per heavy atom. The molecule has 3 rings (SSSR count). The molecule has 1 atom stereocenters. The quantitative estimate of drug-likeness (QED) is 0.945. The number of nitriles is 1. The predicted octanol–water partition coefficient (Wildman–Crippen LogP) is 2.78. The molecule has 0 saturated carbocycles. The molecule has 1 heterocycles. The van der Waals surface area contributed by atoms with Crippen molar-refractivity contribution in [3.63, 3.8) is 0 Å². The first-order valence-corrected chi connectivity index (χ1v) is 6.88. The lowest BCUT2D eigenvalue weighted by Gasteiger charge is -2.15. The second kappa shape index (κ2) is 5.78. The number of hydrogen-bond donors (Lipinski definition) is 1. The Kier molecular flexibility index (Phi) is 3.67. The third kappa shape index (κ3) is 2.72. The van der Waals surface area contributed by atoms with Crippen molar-refractivity contribution < 1.29 is 14.3 Å². The van der Waals surface area contributed by atoms with Gasteiger partial charge in [0, 0.05) is 5.56 Å². The summed E-state index contributed by atoms with van der Waals surface area (Å²) < 4.78 is 10.6. The smallest absolute Gasteiger partial charge is 0.251 e. The van der Waals surface area contributed by atoms with Crippen molar-refractivity contribution >= 4 is 5.91 Å². The number of benzene rings is 2. The van der Waals surface area contributed by atoms with Crippen molar-refractivity contribution in [3.05, 3.63) is 59.2 Å². The molecule has 0 aromatic heterocycles. The fourth-order valence-electron chi connectivity index (χ4n) is 2.28. The summed E-state index contributed by atoms with van der Waals surface area (Å²) in [7, 11) is 0. The van der Waals surface area contributed by atoms with Crippen LogP contribution in [0.4, 0.5) is 0 Å². The number of carbonyl (C=O) groups is 1. The predicted molar refractivity (Wildman–Crippen MR) is 79.6 cm³/mol. The van der Waals surface area contributed by atoms with Crippen LogP contribution in [0, 0.1) is 11.3 Å². The van der Waals surface area contributed by atoms with Gasteiger partial charge in [-0.15, -0.1) is 0 Å². The molecular formula is C17H14N2O3. The highest BCUT2D eigenvalue weighted by Gasteiger charge is 2.17. The van der Waals surface area contributed by atoms with E-state index in [1.807, 2.05) is 31.2 Å². The van der Waals surface area contributed by atoms with E-state index in [0.29, 0.717) is 22.6 Å². The van der Waals surface area contributed by atoms with Crippen LogP contribution >= 0.6 is 0 Å². The Balaban J connectivity index is 1.74. The fourth-order valence-corrected chi connectivity index (χ4v) is 2.28. The summed E-state index contributed by atoms with van der Waals surface area (Å²) in [5.41, 5.74) is 1.85. The van der Waals surface area contributed by atoms with E-state index in [0.717, 1.165) is 5.56 Å². The van der Waals surface area contributed by atoms with Gasteiger partial charge in [0.2, 0.25) is 6.79 Å². The molecule has 0 saturated heterocycles. The van der Waals surface area contributed by atoms with E-state index in [-0.39, 0.29) is 18.7 Å². The SMILES string of the molecule is C[C@@H](NC(=O)c1cccc(C#N)c1)c1ccc2c(c1)OCO2. The molecule has 1 aliphatic rings. The van der Waals surface area contributed by atoms with Crippen molar-refractivity contribution in [1.29, 1.82) is 5.26 Å². The molecule has 0 radical (unpaired) electrons. The van der Waals surface area contributed by atoms with Gasteiger partial charge in [-0.05, 0) is 42.8 Å². The number of hydrogen-bond acceptors (Lipinski definition) is 4. The van der Waals surface area contributed by atoms with E-state index in [4.69, 9.17) is 14.7 Å². The topological polar surface area (TPSA) is 71.4 Å². The third-order valence-corrected chi connectivity index (χ3v) is 3.50. The van der Waals surface area contributed by atoms with Gasteiger partial charge in [-0.3, -0.25) is 4.79 Å². The van der Waals surface area contributed by atoms with Crippen LogP contribution in [0.3, 0.4) is 0 Å². The second-order valence-electron chi connectivity index (χ2n) is 5.00. The molecule has 5 heteroatoms. The zero-order chi connectivity index (χ0) is 15.5. The van der Waals surface area contributed by atoms with E-state index in [1.54, 1.807) is 24.3 Å². The van der Waals surface area contributed by atoms with Gasteiger partial charge in [-0.25, -0.2) is 0 Å². The molecule has 0 bridgehead atoms. The number of nitrogens with one attached hydrogen (secondary N) is 1. The van der Waals surface area contributed by atoms with Crippen LogP contribution in [0.5, 0.6) is 11.5 Å². The summed E-state index contributed by atoms with van der Waals surface area (Å²) in [6.07, 6.45) is 0. The number of nitrogens with zero attached hydrogens (tertiary/aromatic N) is 1. The molecular weight excluding hydrogens is 280 g/mol. The van der Waals surface area contributed by atoms with Crippen LogP contribution in [0.25, 0.3) is 0 Å². The zero-order valence-electron chi connectivity index (χ0n) is 12.0. The highest BCUT2D eigenvalue weighted by Crippen LogP contribution is 2.34. The summed E-state index contributed by atoms with van der Waals surface area (Å²) in [5, 5.41) is 11.8. The van der Waals surface area contributed by atoms with Gasteiger partial charge in [-0.2, -0.15) is 5.26 Å². The average Bonchev–Trinajstić information content (AvgIpc) is 3.02. The normalized spacial score (nSPS) is 13.3. The van der Waals surface area contributed by atoms with Crippen molar-refractivity contribution in [2.75, 3.05) is 6.79 Å². The maximum Gasteiger partial charge on any atom is 0.251 e. The van der Waals surface area contributed by atoms with Gasteiger partial charge in [0.1, 0.15) is 0 Å². The van der Waals surface area contributed by atoms with Gasteiger partial charge in [0.25, 0.3) is 5.91 Å². The van der Waals surface area contributed by atoms with Gasteiger partial charge >= 0.3 is 0 Å². The first-order chi connectivity index (χ1) is 10.7. The lowest BCUT2D eigenvalue weighted by molar-refractivity contribution is 0.0939. The van der Waals surface area contributed by atoms with Crippen LogP contribution in [-0.2, 0) is 0 Å². The first-order valence-electron chi connectivity index (χ1n) is 6.88. The Labute approximate surface area is 128 Å². The Hall–Kier alpha value is -3.00. The minimum atomic E-state index is -0.220.